The first-order valence-corrected chi connectivity index (χ1v) is 5.80. The quantitative estimate of drug-likeness (QED) is 0.659. The van der Waals surface area contributed by atoms with Gasteiger partial charge in [-0.1, -0.05) is 19.1 Å². The van der Waals surface area contributed by atoms with E-state index in [2.05, 4.69) is 9.97 Å². The molecule has 4 heteroatoms. The summed E-state index contributed by atoms with van der Waals surface area (Å²) in [6.45, 7) is 2.02. The van der Waals surface area contributed by atoms with Crippen LogP contribution in [0, 0.1) is 0 Å². The van der Waals surface area contributed by atoms with Crippen molar-refractivity contribution >= 4 is 11.5 Å². The maximum absolute atomic E-state index is 12.0. The van der Waals surface area contributed by atoms with E-state index in [0.717, 1.165) is 11.3 Å². The molecule has 2 rings (SSSR count). The highest BCUT2D eigenvalue weighted by Crippen LogP contribution is 2.21. The lowest BCUT2D eigenvalue weighted by Gasteiger charge is -2.11. The Bertz CT molecular complexity index is 522. The Morgan fingerprint density at radius 2 is 1.83 bits per heavy atom. The predicted octanol–water partition coefficient (Wildman–Crippen LogP) is 2.44. The van der Waals surface area contributed by atoms with Crippen LogP contribution >= 0.6 is 0 Å². The third-order valence-electron chi connectivity index (χ3n) is 2.88. The van der Waals surface area contributed by atoms with Crippen molar-refractivity contribution in [3.63, 3.8) is 0 Å². The Labute approximate surface area is 106 Å². The lowest BCUT2D eigenvalue weighted by molar-refractivity contribution is 0.0975. The molecule has 2 aromatic rings. The van der Waals surface area contributed by atoms with E-state index in [0.29, 0.717) is 12.0 Å². The molecule has 2 N–H and O–H groups in total. The van der Waals surface area contributed by atoms with Crippen molar-refractivity contribution in [1.82, 2.24) is 9.97 Å². The second-order valence-corrected chi connectivity index (χ2v) is 4.32. The van der Waals surface area contributed by atoms with E-state index in [-0.39, 0.29) is 11.7 Å². The molecule has 18 heavy (non-hydrogen) atoms. The summed E-state index contributed by atoms with van der Waals surface area (Å²) in [5.41, 5.74) is 8.03. The normalized spacial score (nSPS) is 12.1. The molecule has 0 spiro atoms. The first-order valence-electron chi connectivity index (χ1n) is 5.80. The van der Waals surface area contributed by atoms with Crippen LogP contribution in [0.3, 0.4) is 0 Å². The van der Waals surface area contributed by atoms with E-state index >= 15 is 0 Å². The number of rotatable bonds is 4. The Morgan fingerprint density at radius 3 is 2.44 bits per heavy atom. The zero-order chi connectivity index (χ0) is 13.0. The molecule has 0 aliphatic carbocycles. The number of hydrogen-bond donors (Lipinski definition) is 1. The van der Waals surface area contributed by atoms with Crippen LogP contribution in [0.15, 0.2) is 43.0 Å². The molecule has 0 bridgehead atoms. The Balaban J connectivity index is 2.06. The molecule has 1 aromatic carbocycles. The van der Waals surface area contributed by atoms with E-state index < -0.39 is 0 Å². The van der Waals surface area contributed by atoms with Crippen molar-refractivity contribution in [1.29, 1.82) is 0 Å². The van der Waals surface area contributed by atoms with Crippen LogP contribution in [0.4, 0.5) is 5.69 Å². The predicted molar refractivity (Wildman–Crippen MR) is 70.2 cm³/mol. The number of nitrogens with zero attached hydrogens (tertiary/aromatic N) is 2. The van der Waals surface area contributed by atoms with Gasteiger partial charge in [0.15, 0.2) is 5.78 Å². The molecule has 0 amide bonds. The van der Waals surface area contributed by atoms with Crippen LogP contribution in [0.25, 0.3) is 0 Å². The number of carbonyl (C=O) groups is 1. The fraction of sp³-hybridized carbons (Fsp3) is 0.214. The summed E-state index contributed by atoms with van der Waals surface area (Å²) in [7, 11) is 0. The topological polar surface area (TPSA) is 68.9 Å². The molecule has 0 radical (unpaired) electrons. The lowest BCUT2D eigenvalue weighted by Crippen LogP contribution is -2.06. The number of Topliss-reactive ketones (excluding diaryl/α,β-unsaturated/α-hetero) is 1. The van der Waals surface area contributed by atoms with Crippen molar-refractivity contribution < 1.29 is 4.79 Å². The van der Waals surface area contributed by atoms with Gasteiger partial charge in [0.2, 0.25) is 0 Å². The Hall–Kier alpha value is -2.23. The number of carbonyl (C=O) groups excluding carboxylic acids is 1. The molecule has 1 unspecified atom stereocenters. The number of aromatic nitrogens is 2. The third-order valence-corrected chi connectivity index (χ3v) is 2.88. The summed E-state index contributed by atoms with van der Waals surface area (Å²) >= 11 is 0. The minimum atomic E-state index is 0.0555. The van der Waals surface area contributed by atoms with Crippen LogP contribution in [0.5, 0.6) is 0 Å². The molecule has 1 atom stereocenters. The first kappa shape index (κ1) is 12.2. The Morgan fingerprint density at radius 1 is 1.22 bits per heavy atom. The van der Waals surface area contributed by atoms with Gasteiger partial charge < -0.3 is 5.73 Å². The molecular formula is C14H15N3O. The van der Waals surface area contributed by atoms with Crippen LogP contribution < -0.4 is 5.73 Å². The van der Waals surface area contributed by atoms with Gasteiger partial charge in [-0.05, 0) is 23.6 Å². The SMILES string of the molecule is CC(CC(=O)c1cncnc1)c1ccc(N)cc1. The minimum Gasteiger partial charge on any atom is -0.399 e. The van der Waals surface area contributed by atoms with Crippen LogP contribution in [0.2, 0.25) is 0 Å². The van der Waals surface area contributed by atoms with Gasteiger partial charge in [-0.3, -0.25) is 4.79 Å². The maximum atomic E-state index is 12.0. The zero-order valence-electron chi connectivity index (χ0n) is 10.2. The first-order chi connectivity index (χ1) is 8.66. The monoisotopic (exact) mass is 241 g/mol. The maximum Gasteiger partial charge on any atom is 0.166 e. The fourth-order valence-electron chi connectivity index (χ4n) is 1.78. The van der Waals surface area contributed by atoms with Crippen LogP contribution in [-0.2, 0) is 0 Å². The highest BCUT2D eigenvalue weighted by molar-refractivity contribution is 5.95. The summed E-state index contributed by atoms with van der Waals surface area (Å²) in [5, 5.41) is 0. The molecule has 0 saturated carbocycles. The molecule has 92 valence electrons. The summed E-state index contributed by atoms with van der Waals surface area (Å²) in [6, 6.07) is 7.60. The van der Waals surface area contributed by atoms with Crippen LogP contribution in [-0.4, -0.2) is 15.8 Å². The molecule has 1 heterocycles. The number of anilines is 1. The summed E-state index contributed by atoms with van der Waals surface area (Å²) in [6.07, 6.45) is 4.95. The van der Waals surface area contributed by atoms with E-state index in [1.165, 1.54) is 6.33 Å². The fourth-order valence-corrected chi connectivity index (χ4v) is 1.78. The molecular weight excluding hydrogens is 226 g/mol. The van der Waals surface area contributed by atoms with E-state index in [1.54, 1.807) is 12.4 Å². The molecule has 0 aliphatic heterocycles. The van der Waals surface area contributed by atoms with Crippen LogP contribution in [0.1, 0.15) is 35.2 Å². The zero-order valence-corrected chi connectivity index (χ0v) is 10.2. The van der Waals surface area contributed by atoms with Gasteiger partial charge >= 0.3 is 0 Å². The van der Waals surface area contributed by atoms with Gasteiger partial charge in [-0.15, -0.1) is 0 Å². The van der Waals surface area contributed by atoms with E-state index in [9.17, 15) is 4.79 Å². The van der Waals surface area contributed by atoms with E-state index in [4.69, 9.17) is 5.73 Å². The minimum absolute atomic E-state index is 0.0555. The van der Waals surface area contributed by atoms with Gasteiger partial charge in [-0.25, -0.2) is 9.97 Å². The Kier molecular flexibility index (Phi) is 3.67. The van der Waals surface area contributed by atoms with Gasteiger partial charge in [0.25, 0.3) is 0 Å². The van der Waals surface area contributed by atoms with Gasteiger partial charge in [-0.2, -0.15) is 0 Å². The average molecular weight is 241 g/mol. The molecule has 0 aliphatic rings. The second kappa shape index (κ2) is 5.40. The summed E-state index contributed by atoms with van der Waals surface area (Å²) in [5.74, 6) is 0.207. The summed E-state index contributed by atoms with van der Waals surface area (Å²) in [4.78, 5) is 19.7. The van der Waals surface area contributed by atoms with Crippen molar-refractivity contribution in [3.05, 3.63) is 54.1 Å². The van der Waals surface area contributed by atoms with Crippen molar-refractivity contribution in [3.8, 4) is 0 Å². The standard InChI is InChI=1S/C14H15N3O/c1-10(11-2-4-13(15)5-3-11)6-14(18)12-7-16-9-17-8-12/h2-5,7-10H,6,15H2,1H3. The molecule has 4 nitrogen and oxygen atoms in total. The smallest absolute Gasteiger partial charge is 0.166 e. The third kappa shape index (κ3) is 2.91. The van der Waals surface area contributed by atoms with Crippen molar-refractivity contribution in [2.24, 2.45) is 0 Å². The molecule has 1 aromatic heterocycles. The number of nitrogens with two attached hydrogens (primary N) is 1. The average Bonchev–Trinajstić information content (AvgIpc) is 2.40. The van der Waals surface area contributed by atoms with E-state index in [1.807, 2.05) is 31.2 Å². The number of benzene rings is 1. The molecule has 0 fully saturated rings. The second-order valence-electron chi connectivity index (χ2n) is 4.32. The number of nitrogen functional groups attached to an aromatic ring is 1. The molecule has 0 saturated heterocycles. The largest absolute Gasteiger partial charge is 0.399 e. The van der Waals surface area contributed by atoms with Gasteiger partial charge in [0.05, 0.1) is 5.56 Å². The summed E-state index contributed by atoms with van der Waals surface area (Å²) < 4.78 is 0. The highest BCUT2D eigenvalue weighted by atomic mass is 16.1. The van der Waals surface area contributed by atoms with Gasteiger partial charge in [0.1, 0.15) is 6.33 Å². The number of ketones is 1. The number of hydrogen-bond acceptors (Lipinski definition) is 4. The lowest BCUT2D eigenvalue weighted by atomic mass is 9.94. The van der Waals surface area contributed by atoms with Gasteiger partial charge in [0, 0.05) is 24.5 Å². The highest BCUT2D eigenvalue weighted by Gasteiger charge is 2.13. The van der Waals surface area contributed by atoms with Crippen molar-refractivity contribution in [2.75, 3.05) is 5.73 Å². The van der Waals surface area contributed by atoms with Crippen molar-refractivity contribution in [2.45, 2.75) is 19.3 Å².